The second-order valence-electron chi connectivity index (χ2n) is 6.58. The Morgan fingerprint density at radius 1 is 0.960 bits per heavy atom. The fraction of sp³-hybridized carbons (Fsp3) is 0.286. The molecular weight excluding hydrogens is 310 g/mol. The monoisotopic (exact) mass is 333 g/mol. The molecule has 0 bridgehead atoms. The predicted molar refractivity (Wildman–Crippen MR) is 100 cm³/mol. The van der Waals surface area contributed by atoms with Crippen LogP contribution < -0.4 is 0 Å². The lowest BCUT2D eigenvalue weighted by Gasteiger charge is -2.26. The van der Waals surface area contributed by atoms with E-state index < -0.39 is 0 Å². The highest BCUT2D eigenvalue weighted by molar-refractivity contribution is 5.70. The lowest BCUT2D eigenvalue weighted by Crippen LogP contribution is -2.31. The van der Waals surface area contributed by atoms with E-state index in [2.05, 4.69) is 63.6 Å². The fourth-order valence-corrected chi connectivity index (χ4v) is 3.53. The lowest BCUT2D eigenvalue weighted by molar-refractivity contribution is 0.212. The third kappa shape index (κ3) is 3.36. The summed E-state index contributed by atoms with van der Waals surface area (Å²) in [6, 6.07) is 19.1. The van der Waals surface area contributed by atoms with Gasteiger partial charge in [-0.2, -0.15) is 5.10 Å². The first-order valence-corrected chi connectivity index (χ1v) is 8.90. The first-order valence-electron chi connectivity index (χ1n) is 8.90. The van der Waals surface area contributed by atoms with E-state index in [9.17, 15) is 0 Å². The normalized spacial score (nSPS) is 14.4. The van der Waals surface area contributed by atoms with Gasteiger partial charge in [0, 0.05) is 49.5 Å². The minimum absolute atomic E-state index is 0.253. The number of rotatable bonds is 5. The van der Waals surface area contributed by atoms with Crippen LogP contribution in [-0.4, -0.2) is 39.9 Å². The molecule has 0 aliphatic carbocycles. The molecule has 3 aromatic rings. The minimum Gasteiger partial charge on any atom is -0.396 e. The Morgan fingerprint density at radius 3 is 2.44 bits per heavy atom. The molecule has 0 unspecified atom stereocenters. The van der Waals surface area contributed by atoms with Crippen LogP contribution in [0.15, 0.2) is 54.6 Å². The third-order valence-corrected chi connectivity index (χ3v) is 4.91. The van der Waals surface area contributed by atoms with Crippen LogP contribution in [0.1, 0.15) is 17.7 Å². The smallest absolute Gasteiger partial charge is 0.0968 e. The van der Waals surface area contributed by atoms with Crippen LogP contribution in [0.5, 0.6) is 0 Å². The average Bonchev–Trinajstić information content (AvgIpc) is 3.10. The summed E-state index contributed by atoms with van der Waals surface area (Å²) in [5, 5.41) is 16.9. The van der Waals surface area contributed by atoms with E-state index in [-0.39, 0.29) is 6.61 Å². The molecule has 0 atom stereocenters. The standard InChI is InChI=1S/C21H23N3O/c25-14-4-12-24-13-11-20-19(15-24)21(23-22-20)18-9-7-17(8-10-18)16-5-2-1-3-6-16/h1-3,5-10,25H,4,11-15H2,(H,22,23). The van der Waals surface area contributed by atoms with Gasteiger partial charge in [0.1, 0.15) is 0 Å². The van der Waals surface area contributed by atoms with Crippen molar-refractivity contribution in [3.63, 3.8) is 0 Å². The molecule has 4 nitrogen and oxygen atoms in total. The summed E-state index contributed by atoms with van der Waals surface area (Å²) in [5.74, 6) is 0. The molecular formula is C21H23N3O. The van der Waals surface area contributed by atoms with E-state index in [1.54, 1.807) is 0 Å². The van der Waals surface area contributed by atoms with Crippen molar-refractivity contribution >= 4 is 0 Å². The van der Waals surface area contributed by atoms with Crippen molar-refractivity contribution in [2.24, 2.45) is 0 Å². The van der Waals surface area contributed by atoms with E-state index in [0.29, 0.717) is 0 Å². The lowest BCUT2D eigenvalue weighted by atomic mass is 9.98. The highest BCUT2D eigenvalue weighted by Gasteiger charge is 2.22. The van der Waals surface area contributed by atoms with Gasteiger partial charge in [0.2, 0.25) is 0 Å². The van der Waals surface area contributed by atoms with Gasteiger partial charge < -0.3 is 5.11 Å². The number of nitrogens with one attached hydrogen (secondary N) is 1. The maximum Gasteiger partial charge on any atom is 0.0968 e. The van der Waals surface area contributed by atoms with Gasteiger partial charge in [-0.05, 0) is 17.5 Å². The van der Waals surface area contributed by atoms with Gasteiger partial charge in [0.05, 0.1) is 5.69 Å². The molecule has 4 rings (SSSR count). The number of benzene rings is 2. The third-order valence-electron chi connectivity index (χ3n) is 4.91. The Labute approximate surface area is 148 Å². The Bertz CT molecular complexity index is 824. The van der Waals surface area contributed by atoms with Crippen molar-refractivity contribution in [3.05, 3.63) is 65.9 Å². The summed E-state index contributed by atoms with van der Waals surface area (Å²) < 4.78 is 0. The van der Waals surface area contributed by atoms with Gasteiger partial charge in [-0.15, -0.1) is 0 Å². The maximum atomic E-state index is 9.06. The zero-order valence-electron chi connectivity index (χ0n) is 14.3. The summed E-state index contributed by atoms with van der Waals surface area (Å²) in [7, 11) is 0. The van der Waals surface area contributed by atoms with Crippen molar-refractivity contribution in [1.29, 1.82) is 0 Å². The van der Waals surface area contributed by atoms with Crippen molar-refractivity contribution < 1.29 is 5.11 Å². The molecule has 0 spiro atoms. The summed E-state index contributed by atoms with van der Waals surface area (Å²) in [6.07, 6.45) is 1.82. The maximum absolute atomic E-state index is 9.06. The zero-order valence-corrected chi connectivity index (χ0v) is 14.3. The van der Waals surface area contributed by atoms with Crippen molar-refractivity contribution in [2.45, 2.75) is 19.4 Å². The van der Waals surface area contributed by atoms with Gasteiger partial charge in [-0.1, -0.05) is 54.6 Å². The summed E-state index contributed by atoms with van der Waals surface area (Å²) >= 11 is 0. The fourth-order valence-electron chi connectivity index (χ4n) is 3.53. The number of hydrogen-bond acceptors (Lipinski definition) is 3. The van der Waals surface area contributed by atoms with E-state index in [1.165, 1.54) is 22.4 Å². The van der Waals surface area contributed by atoms with Crippen LogP contribution in [0.2, 0.25) is 0 Å². The Morgan fingerprint density at radius 2 is 1.68 bits per heavy atom. The van der Waals surface area contributed by atoms with E-state index >= 15 is 0 Å². The number of hydrogen-bond donors (Lipinski definition) is 2. The van der Waals surface area contributed by atoms with E-state index in [4.69, 9.17) is 5.11 Å². The molecule has 0 amide bonds. The van der Waals surface area contributed by atoms with Crippen LogP contribution in [-0.2, 0) is 13.0 Å². The van der Waals surface area contributed by atoms with E-state index in [0.717, 1.165) is 43.7 Å². The molecule has 4 heteroatoms. The number of fused-ring (bicyclic) bond motifs is 1. The minimum atomic E-state index is 0.253. The number of H-pyrrole nitrogens is 1. The predicted octanol–water partition coefficient (Wildman–Crippen LogP) is 3.48. The molecule has 2 N–H and O–H groups in total. The van der Waals surface area contributed by atoms with Gasteiger partial charge in [0.25, 0.3) is 0 Å². The molecule has 128 valence electrons. The largest absolute Gasteiger partial charge is 0.396 e. The highest BCUT2D eigenvalue weighted by Crippen LogP contribution is 2.30. The Hall–Kier alpha value is -2.43. The highest BCUT2D eigenvalue weighted by atomic mass is 16.3. The van der Waals surface area contributed by atoms with Gasteiger partial charge in [0.15, 0.2) is 0 Å². The van der Waals surface area contributed by atoms with Crippen molar-refractivity contribution in [3.8, 4) is 22.4 Å². The molecule has 2 heterocycles. The van der Waals surface area contributed by atoms with Gasteiger partial charge >= 0.3 is 0 Å². The van der Waals surface area contributed by atoms with Crippen molar-refractivity contribution in [2.75, 3.05) is 19.7 Å². The van der Waals surface area contributed by atoms with Gasteiger partial charge in [-0.25, -0.2) is 0 Å². The molecule has 1 aliphatic heterocycles. The quantitative estimate of drug-likeness (QED) is 0.751. The molecule has 0 radical (unpaired) electrons. The summed E-state index contributed by atoms with van der Waals surface area (Å²) in [4.78, 5) is 2.40. The first-order chi connectivity index (χ1) is 12.3. The molecule has 0 fully saturated rings. The number of aliphatic hydroxyl groups excluding tert-OH is 1. The summed E-state index contributed by atoms with van der Waals surface area (Å²) in [5.41, 5.74) is 7.22. The van der Waals surface area contributed by atoms with Crippen LogP contribution in [0.4, 0.5) is 0 Å². The first kappa shape index (κ1) is 16.1. The zero-order chi connectivity index (χ0) is 17.1. The number of nitrogens with zero attached hydrogens (tertiary/aromatic N) is 2. The number of aliphatic hydroxyl groups is 1. The number of aromatic nitrogens is 2. The molecule has 1 aromatic heterocycles. The van der Waals surface area contributed by atoms with Crippen LogP contribution in [0, 0.1) is 0 Å². The van der Waals surface area contributed by atoms with E-state index in [1.807, 2.05) is 6.07 Å². The SMILES string of the molecule is OCCCN1CCc2[nH]nc(-c3ccc(-c4ccccc4)cc3)c2C1. The average molecular weight is 333 g/mol. The molecule has 25 heavy (non-hydrogen) atoms. The van der Waals surface area contributed by atoms with Gasteiger partial charge in [-0.3, -0.25) is 10.00 Å². The second-order valence-corrected chi connectivity index (χ2v) is 6.58. The number of aromatic amines is 1. The van der Waals surface area contributed by atoms with Crippen molar-refractivity contribution in [1.82, 2.24) is 15.1 Å². The summed E-state index contributed by atoms with van der Waals surface area (Å²) in [6.45, 7) is 3.12. The molecule has 1 aliphatic rings. The van der Waals surface area contributed by atoms with Crippen LogP contribution in [0.25, 0.3) is 22.4 Å². The molecule has 2 aromatic carbocycles. The Balaban J connectivity index is 1.58. The Kier molecular flexibility index (Phi) is 4.63. The molecule has 0 saturated carbocycles. The second kappa shape index (κ2) is 7.21. The topological polar surface area (TPSA) is 52.1 Å². The van der Waals surface area contributed by atoms with Crippen LogP contribution >= 0.6 is 0 Å². The van der Waals surface area contributed by atoms with Crippen LogP contribution in [0.3, 0.4) is 0 Å². The molecule has 0 saturated heterocycles.